The van der Waals surface area contributed by atoms with Crippen molar-refractivity contribution >= 4 is 96.9 Å². The number of unbranched alkanes of at least 4 members (excludes halogenated alkanes) is 3. The van der Waals surface area contributed by atoms with Crippen molar-refractivity contribution in [2.45, 2.75) is 178 Å². The topological polar surface area (TPSA) is 284 Å². The van der Waals surface area contributed by atoms with Crippen molar-refractivity contribution in [3.8, 4) is 10.4 Å². The number of halogens is 1. The molecule has 0 spiro atoms. The van der Waals surface area contributed by atoms with Gasteiger partial charge in [0.15, 0.2) is 0 Å². The molecule has 2 unspecified atom stereocenters. The van der Waals surface area contributed by atoms with Crippen LogP contribution in [0.1, 0.15) is 158 Å². The largest absolute Gasteiger partial charge is 0.395 e. The number of nitrogens with zero attached hydrogens (tertiary/aromatic N) is 8. The molecule has 11 rings (SSSR count). The van der Waals surface area contributed by atoms with Crippen LogP contribution in [0.3, 0.4) is 0 Å². The van der Waals surface area contributed by atoms with Crippen LogP contribution < -0.4 is 25.6 Å². The first-order valence-electron chi connectivity index (χ1n) is 39.0. The Hall–Kier alpha value is -7.79. The number of nitro groups is 1. The lowest BCUT2D eigenvalue weighted by Crippen LogP contribution is -2.57. The number of anilines is 2. The highest BCUT2D eigenvalue weighted by atomic mass is 35.5. The van der Waals surface area contributed by atoms with Crippen molar-refractivity contribution in [3.63, 3.8) is 0 Å². The molecule has 4 fully saturated rings. The molecule has 7 atom stereocenters. The zero-order valence-corrected chi connectivity index (χ0v) is 67.5. The van der Waals surface area contributed by atoms with Crippen LogP contribution in [-0.2, 0) is 29.2 Å². The monoisotopic (exact) mass is 1580 g/mol. The van der Waals surface area contributed by atoms with E-state index in [0.717, 1.165) is 149 Å². The van der Waals surface area contributed by atoms with E-state index in [4.69, 9.17) is 11.6 Å². The molecule has 5 heterocycles. The van der Waals surface area contributed by atoms with Crippen molar-refractivity contribution in [1.82, 2.24) is 44.8 Å². The van der Waals surface area contributed by atoms with Crippen LogP contribution >= 0.6 is 34.7 Å². The Bertz CT molecular complexity index is 4280. The molecule has 110 heavy (non-hydrogen) atoms. The third-order valence-electron chi connectivity index (χ3n) is 22.4. The first kappa shape index (κ1) is 83.2. The van der Waals surface area contributed by atoms with Gasteiger partial charge in [-0.25, -0.2) is 18.1 Å². The predicted octanol–water partition coefficient (Wildman–Crippen LogP) is 12.2. The number of aliphatic hydroxyl groups excluding tert-OH is 2. The normalized spacial score (nSPS) is 20.6. The second kappa shape index (κ2) is 38.2. The van der Waals surface area contributed by atoms with E-state index in [-0.39, 0.29) is 78.5 Å². The highest BCUT2D eigenvalue weighted by Gasteiger charge is 2.45. The number of aromatic nitrogens is 1. The van der Waals surface area contributed by atoms with Crippen LogP contribution in [0.5, 0.6) is 0 Å². The van der Waals surface area contributed by atoms with E-state index in [1.807, 2.05) is 124 Å². The van der Waals surface area contributed by atoms with Gasteiger partial charge >= 0.3 is 0 Å². The van der Waals surface area contributed by atoms with E-state index >= 15 is 0 Å². The van der Waals surface area contributed by atoms with Crippen LogP contribution in [-0.4, -0.2) is 210 Å². The highest BCUT2D eigenvalue weighted by Crippen LogP contribution is 2.45. The van der Waals surface area contributed by atoms with E-state index in [2.05, 4.69) is 64.3 Å². The molecular weight excluding hydrogens is 1470 g/mol. The molecule has 0 radical (unpaired) electrons. The molecule has 23 nitrogen and oxygen atoms in total. The number of benzene rings is 5. The second-order valence-corrected chi connectivity index (χ2v) is 35.9. The highest BCUT2D eigenvalue weighted by molar-refractivity contribution is 7.99. The van der Waals surface area contributed by atoms with Crippen LogP contribution in [0.15, 0.2) is 142 Å². The van der Waals surface area contributed by atoms with E-state index in [0.29, 0.717) is 56.1 Å². The van der Waals surface area contributed by atoms with Gasteiger partial charge in [0.25, 0.3) is 21.6 Å². The number of carbonyl (C=O) groups is 5. The fraction of sp³-hybridized carbons (Fsp3) is 0.518. The Morgan fingerprint density at radius 3 is 2.19 bits per heavy atom. The van der Waals surface area contributed by atoms with Crippen LogP contribution in [0.2, 0.25) is 5.02 Å². The number of amides is 5. The molecule has 5 amide bonds. The number of aryl methyl sites for hydroxylation is 1. The summed E-state index contributed by atoms with van der Waals surface area (Å²) in [4.78, 5) is 99.9. The summed E-state index contributed by atoms with van der Waals surface area (Å²) in [7, 11) is -4.54. The molecule has 1 aliphatic carbocycles. The van der Waals surface area contributed by atoms with E-state index in [9.17, 15) is 52.7 Å². The molecule has 27 heteroatoms. The minimum absolute atomic E-state index is 0.00742. The molecule has 6 N–H and O–H groups in total. The number of nitro benzene ring substituents is 1. The molecule has 5 aromatic carbocycles. The van der Waals surface area contributed by atoms with Gasteiger partial charge in [-0.05, 0) is 166 Å². The number of thiazole rings is 1. The molecule has 4 aliphatic heterocycles. The fourth-order valence-corrected chi connectivity index (χ4v) is 19.0. The van der Waals surface area contributed by atoms with E-state index < -0.39 is 60.9 Å². The summed E-state index contributed by atoms with van der Waals surface area (Å²) >= 11 is 9.60. The molecule has 4 saturated heterocycles. The number of piperidine rings is 1. The number of rotatable bonds is 32. The van der Waals surface area contributed by atoms with Crippen LogP contribution in [0.25, 0.3) is 16.0 Å². The summed E-state index contributed by atoms with van der Waals surface area (Å²) in [5, 5.41) is 43.5. The molecule has 1 aromatic heterocycles. The van der Waals surface area contributed by atoms with Gasteiger partial charge in [0.1, 0.15) is 17.8 Å². The van der Waals surface area contributed by atoms with Crippen molar-refractivity contribution in [1.29, 1.82) is 0 Å². The van der Waals surface area contributed by atoms with Crippen LogP contribution in [0.4, 0.5) is 17.1 Å². The SMILES string of the molecule is Cc1ncsc1-c1ccc([C@H](C)NC(=O)[C@@H]2C[C@@H](O)CN2C(=O)[C@@H](NC(=O)CCCCCCC(=O)N2CCN(CC3(C)CCC(c4ccc(Cl)cc4)=C(CN4CCN(c5ccc(C(=O)NS(=O)(=O)c6ccc(N[C@H](CCN7CCCCC7CO)CSc7ccccc7)c([N+](=O)[O-])c6)cc5)CC4)C3)CC2)C(C)(C)C)cc1. The fourth-order valence-electron chi connectivity index (χ4n) is 16.1. The number of β-amino-alcohol motifs (C(OH)–C–C–N with tert-alkyl or cyclic N) is 1. The molecule has 592 valence electrons. The molecule has 5 aliphatic rings. The Balaban J connectivity index is 0.608. The van der Waals surface area contributed by atoms with Crippen molar-refractivity contribution in [2.24, 2.45) is 10.8 Å². The Morgan fingerprint density at radius 2 is 1.52 bits per heavy atom. The number of hydrogen-bond donors (Lipinski definition) is 6. The van der Waals surface area contributed by atoms with Gasteiger partial charge < -0.3 is 40.9 Å². The van der Waals surface area contributed by atoms with Gasteiger partial charge in [-0.1, -0.05) is 119 Å². The van der Waals surface area contributed by atoms with Crippen molar-refractivity contribution < 1.29 is 47.5 Å². The number of thioether (sulfide) groups is 1. The lowest BCUT2D eigenvalue weighted by atomic mass is 9.71. The first-order valence-corrected chi connectivity index (χ1v) is 42.7. The predicted molar refractivity (Wildman–Crippen MR) is 436 cm³/mol. The average Bonchev–Trinajstić information content (AvgIpc) is 1.13. The minimum Gasteiger partial charge on any atom is -0.395 e. The number of piperazine rings is 2. The number of aliphatic hydroxyl groups is 2. The molecule has 0 saturated carbocycles. The standard InChI is InChI=1S/C83H109ClN12O11S3/c1-57(59-21-23-61(24-22-59)77-58(2)85-56-109-77)86-80(102)74-48-68(98)52-95(74)81(103)78(82(3,4)5)88-75(99)19-12-7-8-13-20-76(100)94-46-42-91(43-47-94)55-83(6)37-35-71(60-25-29-64(84)30-26-60)63(50-83)51-90-40-44-93(45-41-90)66-31-27-62(28-32-66)79(101)89-110(106,107)70-33-34-72(73(49-70)96(104)105)87-65(54-108-69-17-10-9-11-18-69)36-39-92-38-15-14-16-67(92)53-97/h9-11,17-18,21-34,49,56-57,65,67-68,74,78,87,97-98H,7-8,12-16,19-20,35-48,50-55H2,1-6H3,(H,86,102)(H,88,99)(H,89,101)/t57-,65+,67?,68+,74-,78+,83?/m0/s1. The summed E-state index contributed by atoms with van der Waals surface area (Å²) in [6.45, 7) is 21.2. The van der Waals surface area contributed by atoms with Gasteiger partial charge in [0.05, 0.1) is 44.7 Å². The van der Waals surface area contributed by atoms with Gasteiger partial charge in [0, 0.05) is 143 Å². The molecule has 6 aromatic rings. The summed E-state index contributed by atoms with van der Waals surface area (Å²) in [6, 6.07) is 34.1. The first-order chi connectivity index (χ1) is 52.7. The maximum Gasteiger partial charge on any atom is 0.293 e. The Labute approximate surface area is 661 Å². The second-order valence-electron chi connectivity index (χ2n) is 31.8. The van der Waals surface area contributed by atoms with Gasteiger partial charge in [-0.3, -0.25) is 48.8 Å². The van der Waals surface area contributed by atoms with Gasteiger partial charge in [0.2, 0.25) is 23.6 Å². The lowest BCUT2D eigenvalue weighted by molar-refractivity contribution is -0.384. The Morgan fingerprint density at radius 1 is 0.827 bits per heavy atom. The third-order valence-corrected chi connectivity index (χ3v) is 26.2. The lowest BCUT2D eigenvalue weighted by Gasteiger charge is -2.44. The minimum atomic E-state index is -4.54. The zero-order chi connectivity index (χ0) is 78.3. The molecule has 0 bridgehead atoms. The summed E-state index contributed by atoms with van der Waals surface area (Å²) < 4.78 is 29.7. The molecular formula is C83H109ClN12O11S3. The van der Waals surface area contributed by atoms with Gasteiger partial charge in [-0.2, -0.15) is 0 Å². The van der Waals surface area contributed by atoms with E-state index in [1.54, 1.807) is 35.2 Å². The maximum absolute atomic E-state index is 14.3. The number of carbonyl (C=O) groups excluding carboxylic acids is 5. The zero-order valence-electron chi connectivity index (χ0n) is 64.3. The van der Waals surface area contributed by atoms with E-state index in [1.165, 1.54) is 33.7 Å². The summed E-state index contributed by atoms with van der Waals surface area (Å²) in [6.07, 6.45) is 9.22. The maximum atomic E-state index is 14.3. The van der Waals surface area contributed by atoms with Crippen LogP contribution in [0, 0.1) is 27.9 Å². The Kier molecular flexibility index (Phi) is 28.8. The number of likely N-dealkylation sites (tertiary alicyclic amines) is 2. The van der Waals surface area contributed by atoms with Gasteiger partial charge in [-0.15, -0.1) is 23.1 Å². The van der Waals surface area contributed by atoms with Crippen molar-refractivity contribution in [3.05, 3.63) is 170 Å². The average molecular weight is 1580 g/mol. The number of nitrogens with one attached hydrogen (secondary N) is 4. The smallest absolute Gasteiger partial charge is 0.293 e. The third kappa shape index (κ3) is 22.3. The number of hydrogen-bond acceptors (Lipinski definition) is 19. The number of sulfonamides is 1. The summed E-state index contributed by atoms with van der Waals surface area (Å²) in [5.41, 5.74) is 8.77. The number of allylic oxidation sites excluding steroid dienone is 1. The summed E-state index contributed by atoms with van der Waals surface area (Å²) in [5.74, 6) is -1.16. The quantitative estimate of drug-likeness (QED) is 0.00990. The van der Waals surface area contributed by atoms with Crippen molar-refractivity contribution in [2.75, 3.05) is 108 Å².